The van der Waals surface area contributed by atoms with Crippen molar-refractivity contribution in [3.8, 4) is 0 Å². The van der Waals surface area contributed by atoms with Crippen molar-refractivity contribution >= 4 is 61.1 Å². The predicted molar refractivity (Wildman–Crippen MR) is 165 cm³/mol. The number of benzene rings is 5. The van der Waals surface area contributed by atoms with Crippen LogP contribution in [0.2, 0.25) is 0 Å². The van der Waals surface area contributed by atoms with Crippen molar-refractivity contribution in [2.75, 3.05) is 0 Å². The Morgan fingerprint density at radius 3 is 1.28 bits per heavy atom. The molecule has 5 rings (SSSR count). The molecule has 3 heteroatoms. The summed E-state index contributed by atoms with van der Waals surface area (Å²) >= 11 is 7.22. The van der Waals surface area contributed by atoms with Crippen LogP contribution in [-0.2, 0) is 0 Å². The summed E-state index contributed by atoms with van der Waals surface area (Å²) in [7, 11) is -2.16. The van der Waals surface area contributed by atoms with Gasteiger partial charge in [0.05, 0.1) is 0 Å². The third-order valence-electron chi connectivity index (χ3n) is 6.46. The Hall–Kier alpha value is -2.77. The summed E-state index contributed by atoms with van der Waals surface area (Å²) in [4.78, 5) is 0. The third kappa shape index (κ3) is 5.18. The van der Waals surface area contributed by atoms with Crippen LogP contribution in [0.4, 0.5) is 0 Å². The van der Waals surface area contributed by atoms with Gasteiger partial charge < -0.3 is 0 Å². The summed E-state index contributed by atoms with van der Waals surface area (Å²) in [5, 5.41) is 4.11. The Balaban J connectivity index is 1.84. The number of halogens is 2. The van der Waals surface area contributed by atoms with E-state index < -0.39 is 7.26 Å². The first kappa shape index (κ1) is 24.9. The average molecular weight is 613 g/mol. The SMILES string of the molecule is Brc1ccc(/C=C/C(c2ccc(Br)cc2)[P+](c2ccccc2)(c2ccccc2)c2ccccc2)cc1. The van der Waals surface area contributed by atoms with Crippen LogP contribution < -0.4 is 15.9 Å². The van der Waals surface area contributed by atoms with E-state index >= 15 is 0 Å². The van der Waals surface area contributed by atoms with Crippen LogP contribution in [0.3, 0.4) is 0 Å². The van der Waals surface area contributed by atoms with Crippen molar-refractivity contribution in [3.63, 3.8) is 0 Å². The van der Waals surface area contributed by atoms with Gasteiger partial charge in [-0.3, -0.25) is 0 Å². The van der Waals surface area contributed by atoms with Gasteiger partial charge in [0.25, 0.3) is 0 Å². The van der Waals surface area contributed by atoms with Crippen LogP contribution in [0.5, 0.6) is 0 Å². The van der Waals surface area contributed by atoms with Crippen molar-refractivity contribution in [2.45, 2.75) is 5.66 Å². The predicted octanol–water partition coefficient (Wildman–Crippen LogP) is 8.96. The summed E-state index contributed by atoms with van der Waals surface area (Å²) in [5.41, 5.74) is 2.63. The molecule has 5 aromatic rings. The maximum atomic E-state index is 3.65. The van der Waals surface area contributed by atoms with Gasteiger partial charge in [0.15, 0.2) is 0 Å². The van der Waals surface area contributed by atoms with E-state index in [-0.39, 0.29) is 5.66 Å². The quantitative estimate of drug-likeness (QED) is 0.161. The zero-order chi connectivity index (χ0) is 24.8. The van der Waals surface area contributed by atoms with E-state index in [9.17, 15) is 0 Å². The van der Waals surface area contributed by atoms with Gasteiger partial charge in [0.2, 0.25) is 0 Å². The molecule has 0 amide bonds. The third-order valence-corrected chi connectivity index (χ3v) is 12.2. The van der Waals surface area contributed by atoms with Crippen LogP contribution in [0, 0.1) is 0 Å². The summed E-state index contributed by atoms with van der Waals surface area (Å²) in [6.07, 6.45) is 4.70. The average Bonchev–Trinajstić information content (AvgIpc) is 2.94. The molecule has 0 aliphatic carbocycles. The smallest absolute Gasteiger partial charge is 0.0620 e. The highest BCUT2D eigenvalue weighted by Gasteiger charge is 2.52. The van der Waals surface area contributed by atoms with Gasteiger partial charge in [0, 0.05) is 8.95 Å². The van der Waals surface area contributed by atoms with Crippen molar-refractivity contribution < 1.29 is 0 Å². The molecular formula is C33H26Br2P+. The Morgan fingerprint density at radius 1 is 0.472 bits per heavy atom. The topological polar surface area (TPSA) is 0 Å². The number of allylic oxidation sites excluding steroid dienone is 1. The van der Waals surface area contributed by atoms with Crippen LogP contribution in [0.1, 0.15) is 16.8 Å². The molecule has 1 unspecified atom stereocenters. The number of hydrogen-bond donors (Lipinski definition) is 0. The van der Waals surface area contributed by atoms with Gasteiger partial charge in [-0.1, -0.05) is 117 Å². The lowest BCUT2D eigenvalue weighted by molar-refractivity contribution is 1.21. The Morgan fingerprint density at radius 2 is 0.861 bits per heavy atom. The van der Waals surface area contributed by atoms with Crippen molar-refractivity contribution in [3.05, 3.63) is 166 Å². The molecule has 0 bridgehead atoms. The van der Waals surface area contributed by atoms with E-state index in [0.29, 0.717) is 0 Å². The van der Waals surface area contributed by atoms with Gasteiger partial charge in [-0.15, -0.1) is 0 Å². The van der Waals surface area contributed by atoms with E-state index in [1.165, 1.54) is 27.0 Å². The highest BCUT2D eigenvalue weighted by Crippen LogP contribution is 2.67. The van der Waals surface area contributed by atoms with E-state index in [0.717, 1.165) is 8.95 Å². The fourth-order valence-corrected chi connectivity index (χ4v) is 10.1. The molecule has 0 spiro atoms. The second-order valence-electron chi connectivity index (χ2n) is 8.64. The highest BCUT2D eigenvalue weighted by molar-refractivity contribution is 9.10. The Labute approximate surface area is 231 Å². The molecule has 5 aromatic carbocycles. The summed E-state index contributed by atoms with van der Waals surface area (Å²) in [6, 6.07) is 50.6. The highest BCUT2D eigenvalue weighted by atomic mass is 79.9. The van der Waals surface area contributed by atoms with Gasteiger partial charge >= 0.3 is 0 Å². The Bertz CT molecular complexity index is 1320. The Kier molecular flexibility index (Phi) is 7.97. The van der Waals surface area contributed by atoms with Gasteiger partial charge in [-0.2, -0.15) is 0 Å². The second-order valence-corrected chi connectivity index (χ2v) is 14.0. The van der Waals surface area contributed by atoms with Crippen molar-refractivity contribution in [2.24, 2.45) is 0 Å². The zero-order valence-electron chi connectivity index (χ0n) is 19.7. The summed E-state index contributed by atoms with van der Waals surface area (Å²) in [6.45, 7) is 0. The maximum Gasteiger partial charge on any atom is 0.127 e. The number of rotatable bonds is 7. The molecule has 176 valence electrons. The number of hydrogen-bond acceptors (Lipinski definition) is 0. The lowest BCUT2D eigenvalue weighted by atomic mass is 10.1. The first-order valence-corrected chi connectivity index (χ1v) is 15.4. The maximum absolute atomic E-state index is 3.65. The van der Waals surface area contributed by atoms with Gasteiger partial charge in [-0.25, -0.2) is 0 Å². The van der Waals surface area contributed by atoms with Gasteiger partial charge in [-0.05, 0) is 77.9 Å². The molecule has 0 nitrogen and oxygen atoms in total. The molecule has 0 heterocycles. The van der Waals surface area contributed by atoms with Crippen LogP contribution in [-0.4, -0.2) is 0 Å². The summed E-state index contributed by atoms with van der Waals surface area (Å²) in [5.74, 6) is 0. The van der Waals surface area contributed by atoms with Gasteiger partial charge in [0.1, 0.15) is 28.8 Å². The largest absolute Gasteiger partial charge is 0.127 e. The van der Waals surface area contributed by atoms with Crippen LogP contribution >= 0.6 is 39.1 Å². The van der Waals surface area contributed by atoms with Crippen molar-refractivity contribution in [1.29, 1.82) is 0 Å². The molecule has 0 saturated heterocycles. The van der Waals surface area contributed by atoms with E-state index in [4.69, 9.17) is 0 Å². The molecule has 0 radical (unpaired) electrons. The normalized spacial score (nSPS) is 12.5. The minimum Gasteiger partial charge on any atom is -0.0620 e. The van der Waals surface area contributed by atoms with Crippen molar-refractivity contribution in [1.82, 2.24) is 0 Å². The molecule has 0 saturated carbocycles. The first-order valence-electron chi connectivity index (χ1n) is 11.9. The van der Waals surface area contributed by atoms with Crippen LogP contribution in [0.15, 0.2) is 155 Å². The minimum atomic E-state index is -2.16. The first-order chi connectivity index (χ1) is 17.7. The fraction of sp³-hybridized carbons (Fsp3) is 0.0303. The molecule has 0 aromatic heterocycles. The molecule has 36 heavy (non-hydrogen) atoms. The van der Waals surface area contributed by atoms with Crippen LogP contribution in [0.25, 0.3) is 6.08 Å². The molecule has 0 aliphatic heterocycles. The van der Waals surface area contributed by atoms with E-state index in [2.05, 4.69) is 184 Å². The molecule has 0 N–H and O–H groups in total. The lowest BCUT2D eigenvalue weighted by Gasteiger charge is -2.33. The monoisotopic (exact) mass is 611 g/mol. The fourth-order valence-electron chi connectivity index (χ4n) is 4.82. The molecule has 0 aliphatic rings. The molecule has 0 fully saturated rings. The summed E-state index contributed by atoms with van der Waals surface area (Å²) < 4.78 is 2.17. The minimum absolute atomic E-state index is 0.140. The standard InChI is InChI=1S/C33H26Br2P/c34-28-21-16-26(17-22-28)18-25-33(27-19-23-29(35)24-20-27)36(30-10-4-1-5-11-30,31-12-6-2-7-13-31)32-14-8-3-9-15-32/h1-25,33H/q+1/b25-18+. The zero-order valence-corrected chi connectivity index (χ0v) is 23.8. The molecule has 1 atom stereocenters. The van der Waals surface area contributed by atoms with E-state index in [1.807, 2.05) is 0 Å². The van der Waals surface area contributed by atoms with E-state index in [1.54, 1.807) is 0 Å². The lowest BCUT2D eigenvalue weighted by Crippen LogP contribution is -2.34. The molecular weight excluding hydrogens is 587 g/mol. The second kappa shape index (κ2) is 11.5.